The molecule has 0 fully saturated rings. The summed E-state index contributed by atoms with van der Waals surface area (Å²) in [6.07, 6.45) is 0.464. The fourth-order valence-corrected chi connectivity index (χ4v) is 3.16. The van der Waals surface area contributed by atoms with Gasteiger partial charge in [0, 0.05) is 41.4 Å². The van der Waals surface area contributed by atoms with Crippen molar-refractivity contribution in [1.29, 1.82) is 0 Å². The van der Waals surface area contributed by atoms with Crippen molar-refractivity contribution in [3.05, 3.63) is 86.0 Å². The van der Waals surface area contributed by atoms with E-state index in [-0.39, 0.29) is 23.9 Å². The van der Waals surface area contributed by atoms with Gasteiger partial charge in [0.2, 0.25) is 5.78 Å². The monoisotopic (exact) mass is 399 g/mol. The van der Waals surface area contributed by atoms with Gasteiger partial charge in [-0.05, 0) is 55.3 Å². The van der Waals surface area contributed by atoms with Crippen LogP contribution in [0.4, 0.5) is 0 Å². The number of aliphatic hydroxyl groups is 1. The lowest BCUT2D eigenvalue weighted by Crippen LogP contribution is -2.24. The lowest BCUT2D eigenvalue weighted by atomic mass is 10.0. The Labute approximate surface area is 167 Å². The second kappa shape index (κ2) is 8.54. The van der Waals surface area contributed by atoms with Crippen molar-refractivity contribution in [2.24, 2.45) is 0 Å². The van der Waals surface area contributed by atoms with Crippen LogP contribution in [0, 0.1) is 6.92 Å². The van der Waals surface area contributed by atoms with E-state index in [0.717, 1.165) is 11.3 Å². The molecule has 146 valence electrons. The third-order valence-electron chi connectivity index (χ3n) is 4.69. The molecule has 0 aliphatic heterocycles. The van der Waals surface area contributed by atoms with Crippen LogP contribution < -0.4 is 5.56 Å². The smallest absolute Gasteiger partial charge is 0.266 e. The van der Waals surface area contributed by atoms with Crippen molar-refractivity contribution in [3.8, 4) is 0 Å². The SMILES string of the molecule is Cc1cc(C(C)c2ccc(=O)n(CCCO)n2)[nH]c1C(=O)c1ccc(Cl)cc1. The molecule has 1 unspecified atom stereocenters. The quantitative estimate of drug-likeness (QED) is 0.596. The average Bonchev–Trinajstić information content (AvgIpc) is 3.08. The van der Waals surface area contributed by atoms with E-state index in [9.17, 15) is 9.59 Å². The van der Waals surface area contributed by atoms with Gasteiger partial charge in [-0.1, -0.05) is 18.5 Å². The van der Waals surface area contributed by atoms with Gasteiger partial charge in [0.05, 0.1) is 11.4 Å². The van der Waals surface area contributed by atoms with Crippen LogP contribution in [0.15, 0.2) is 47.3 Å². The van der Waals surface area contributed by atoms with E-state index in [2.05, 4.69) is 10.1 Å². The molecule has 28 heavy (non-hydrogen) atoms. The Balaban J connectivity index is 1.89. The maximum Gasteiger partial charge on any atom is 0.266 e. The summed E-state index contributed by atoms with van der Waals surface area (Å²) in [4.78, 5) is 28.0. The van der Waals surface area contributed by atoms with Gasteiger partial charge in [0.15, 0.2) is 0 Å². The first-order valence-electron chi connectivity index (χ1n) is 9.09. The Morgan fingerprint density at radius 1 is 1.25 bits per heavy atom. The summed E-state index contributed by atoms with van der Waals surface area (Å²) < 4.78 is 1.36. The van der Waals surface area contributed by atoms with Crippen molar-refractivity contribution in [2.75, 3.05) is 6.61 Å². The number of rotatable bonds is 7. The minimum absolute atomic E-state index is 0.000105. The molecule has 3 rings (SSSR count). The van der Waals surface area contributed by atoms with Crippen LogP contribution in [0.2, 0.25) is 5.02 Å². The lowest BCUT2D eigenvalue weighted by molar-refractivity contribution is 0.103. The molecule has 0 amide bonds. The average molecular weight is 400 g/mol. The zero-order valence-corrected chi connectivity index (χ0v) is 16.5. The van der Waals surface area contributed by atoms with E-state index >= 15 is 0 Å². The molecule has 1 aromatic carbocycles. The summed E-state index contributed by atoms with van der Waals surface area (Å²) >= 11 is 5.90. The number of aryl methyl sites for hydroxylation is 2. The van der Waals surface area contributed by atoms with Crippen LogP contribution in [0.5, 0.6) is 0 Å². The summed E-state index contributed by atoms with van der Waals surface area (Å²) in [6.45, 7) is 4.20. The highest BCUT2D eigenvalue weighted by molar-refractivity contribution is 6.30. The standard InChI is InChI=1S/C21H22ClN3O3/c1-13-12-18(23-20(13)21(28)15-4-6-16(22)7-5-15)14(2)17-8-9-19(27)25(24-17)10-3-11-26/h4-9,12,14,23,26H,3,10-11H2,1-2H3. The molecule has 2 heterocycles. The number of halogens is 1. The Kier molecular flexibility index (Phi) is 6.11. The minimum atomic E-state index is -0.203. The van der Waals surface area contributed by atoms with E-state index in [1.54, 1.807) is 30.3 Å². The van der Waals surface area contributed by atoms with Gasteiger partial charge in [-0.15, -0.1) is 0 Å². The number of aromatic amines is 1. The number of nitrogens with zero attached hydrogens (tertiary/aromatic N) is 2. The number of carbonyl (C=O) groups excluding carboxylic acids is 1. The van der Waals surface area contributed by atoms with Gasteiger partial charge < -0.3 is 10.1 Å². The molecule has 0 aliphatic rings. The highest BCUT2D eigenvalue weighted by Gasteiger charge is 2.19. The molecule has 0 aliphatic carbocycles. The molecule has 6 nitrogen and oxygen atoms in total. The molecule has 1 atom stereocenters. The number of benzene rings is 1. The molecule has 2 N–H and O–H groups in total. The second-order valence-corrected chi connectivity index (χ2v) is 7.17. The number of H-pyrrole nitrogens is 1. The number of carbonyl (C=O) groups is 1. The summed E-state index contributed by atoms with van der Waals surface area (Å²) in [5, 5.41) is 14.0. The van der Waals surface area contributed by atoms with Gasteiger partial charge in [-0.25, -0.2) is 4.68 Å². The largest absolute Gasteiger partial charge is 0.396 e. The molecule has 0 saturated heterocycles. The first kappa shape index (κ1) is 20.0. The van der Waals surface area contributed by atoms with Crippen LogP contribution in [-0.4, -0.2) is 32.3 Å². The molecule has 7 heteroatoms. The van der Waals surface area contributed by atoms with Gasteiger partial charge in [0.1, 0.15) is 0 Å². The summed E-state index contributed by atoms with van der Waals surface area (Å²) in [6, 6.07) is 11.9. The van der Waals surface area contributed by atoms with E-state index in [0.29, 0.717) is 34.9 Å². The molecular formula is C21H22ClN3O3. The summed E-state index contributed by atoms with van der Waals surface area (Å²) in [5.41, 5.74) is 3.28. The van der Waals surface area contributed by atoms with Gasteiger partial charge >= 0.3 is 0 Å². The fourth-order valence-electron chi connectivity index (χ4n) is 3.03. The van der Waals surface area contributed by atoms with Crippen LogP contribution in [-0.2, 0) is 6.54 Å². The molecular weight excluding hydrogens is 378 g/mol. The van der Waals surface area contributed by atoms with E-state index in [1.165, 1.54) is 10.7 Å². The van der Waals surface area contributed by atoms with Gasteiger partial charge in [-0.2, -0.15) is 5.10 Å². The Morgan fingerprint density at radius 2 is 1.96 bits per heavy atom. The summed E-state index contributed by atoms with van der Waals surface area (Å²) in [7, 11) is 0. The minimum Gasteiger partial charge on any atom is -0.396 e. The van der Waals surface area contributed by atoms with E-state index in [1.807, 2.05) is 19.9 Å². The van der Waals surface area contributed by atoms with Gasteiger partial charge in [0.25, 0.3) is 5.56 Å². The molecule has 0 radical (unpaired) electrons. The Bertz CT molecular complexity index is 1040. The van der Waals surface area contributed by atoms with Crippen LogP contribution in [0.3, 0.4) is 0 Å². The Morgan fingerprint density at radius 3 is 2.64 bits per heavy atom. The van der Waals surface area contributed by atoms with Crippen molar-refractivity contribution in [3.63, 3.8) is 0 Å². The van der Waals surface area contributed by atoms with Gasteiger partial charge in [-0.3, -0.25) is 9.59 Å². The molecule has 0 bridgehead atoms. The zero-order chi connectivity index (χ0) is 20.3. The molecule has 0 spiro atoms. The normalized spacial score (nSPS) is 12.1. The third-order valence-corrected chi connectivity index (χ3v) is 4.95. The van der Waals surface area contributed by atoms with Crippen molar-refractivity contribution in [2.45, 2.75) is 32.7 Å². The lowest BCUT2D eigenvalue weighted by Gasteiger charge is -2.11. The third kappa shape index (κ3) is 4.24. The maximum absolute atomic E-state index is 12.8. The Hall–Kier alpha value is -2.70. The number of aromatic nitrogens is 3. The van der Waals surface area contributed by atoms with Crippen LogP contribution in [0.1, 0.15) is 52.3 Å². The molecule has 2 aromatic heterocycles. The molecule has 3 aromatic rings. The van der Waals surface area contributed by atoms with E-state index < -0.39 is 0 Å². The predicted octanol–water partition coefficient (Wildman–Crippen LogP) is 3.30. The highest BCUT2D eigenvalue weighted by Crippen LogP contribution is 2.25. The number of hydrogen-bond donors (Lipinski definition) is 2. The predicted molar refractivity (Wildman–Crippen MR) is 108 cm³/mol. The van der Waals surface area contributed by atoms with Crippen molar-refractivity contribution in [1.82, 2.24) is 14.8 Å². The second-order valence-electron chi connectivity index (χ2n) is 6.74. The highest BCUT2D eigenvalue weighted by atomic mass is 35.5. The first-order chi connectivity index (χ1) is 13.4. The number of hydrogen-bond acceptors (Lipinski definition) is 4. The maximum atomic E-state index is 12.8. The van der Waals surface area contributed by atoms with Crippen molar-refractivity contribution < 1.29 is 9.90 Å². The molecule has 0 saturated carbocycles. The number of ketones is 1. The fraction of sp³-hybridized carbons (Fsp3) is 0.286. The van der Waals surface area contributed by atoms with E-state index in [4.69, 9.17) is 16.7 Å². The summed E-state index contributed by atoms with van der Waals surface area (Å²) in [5.74, 6) is -0.236. The van der Waals surface area contributed by atoms with Crippen LogP contribution in [0.25, 0.3) is 0 Å². The topological polar surface area (TPSA) is 88.0 Å². The number of nitrogens with one attached hydrogen (secondary N) is 1. The van der Waals surface area contributed by atoms with Crippen LogP contribution >= 0.6 is 11.6 Å². The number of aliphatic hydroxyl groups excluding tert-OH is 1. The van der Waals surface area contributed by atoms with Crippen molar-refractivity contribution >= 4 is 17.4 Å². The first-order valence-corrected chi connectivity index (χ1v) is 9.47. The zero-order valence-electron chi connectivity index (χ0n) is 15.8.